The molecular formula is C10H11N3. The van der Waals surface area contributed by atoms with Crippen LogP contribution < -0.4 is 0 Å². The molecular weight excluding hydrogens is 162 g/mol. The molecule has 0 spiro atoms. The number of nitrogens with zero attached hydrogens (tertiary/aromatic N) is 3. The van der Waals surface area contributed by atoms with Crippen LogP contribution in [0.1, 0.15) is 25.5 Å². The van der Waals surface area contributed by atoms with Crippen LogP contribution in [0.2, 0.25) is 0 Å². The van der Waals surface area contributed by atoms with E-state index in [4.69, 9.17) is 0 Å². The monoisotopic (exact) mass is 173 g/mol. The van der Waals surface area contributed by atoms with Gasteiger partial charge in [0, 0.05) is 6.20 Å². The van der Waals surface area contributed by atoms with Crippen LogP contribution in [0.15, 0.2) is 24.5 Å². The molecule has 0 saturated carbocycles. The smallest absolute Gasteiger partial charge is 0.178 e. The van der Waals surface area contributed by atoms with E-state index in [0.29, 0.717) is 11.6 Å². The molecule has 0 bridgehead atoms. The molecule has 0 aliphatic heterocycles. The summed E-state index contributed by atoms with van der Waals surface area (Å²) in [5, 5.41) is 0. The molecule has 2 rings (SSSR count). The van der Waals surface area contributed by atoms with E-state index in [1.807, 2.05) is 12.1 Å². The molecule has 2 aromatic heterocycles. The molecule has 0 N–H and O–H groups in total. The van der Waals surface area contributed by atoms with Crippen molar-refractivity contribution >= 4 is 11.2 Å². The molecule has 13 heavy (non-hydrogen) atoms. The normalized spacial score (nSPS) is 11.0. The van der Waals surface area contributed by atoms with Crippen molar-refractivity contribution in [3.63, 3.8) is 0 Å². The Hall–Kier alpha value is -1.51. The molecule has 2 heterocycles. The molecule has 3 heteroatoms. The Morgan fingerprint density at radius 1 is 1.23 bits per heavy atom. The third-order valence-electron chi connectivity index (χ3n) is 1.93. The van der Waals surface area contributed by atoms with Crippen LogP contribution in [0, 0.1) is 0 Å². The van der Waals surface area contributed by atoms with Crippen LogP contribution in [0.5, 0.6) is 0 Å². The summed E-state index contributed by atoms with van der Waals surface area (Å²) in [5.41, 5.74) is 2.60. The van der Waals surface area contributed by atoms with Gasteiger partial charge in [0.15, 0.2) is 5.65 Å². The lowest BCUT2D eigenvalue weighted by molar-refractivity contribution is 0.821. The first-order chi connectivity index (χ1) is 6.27. The summed E-state index contributed by atoms with van der Waals surface area (Å²) in [7, 11) is 0. The number of hydrogen-bond donors (Lipinski definition) is 0. The summed E-state index contributed by atoms with van der Waals surface area (Å²) in [4.78, 5) is 12.8. The third kappa shape index (κ3) is 1.49. The van der Waals surface area contributed by atoms with Crippen molar-refractivity contribution in [1.29, 1.82) is 0 Å². The van der Waals surface area contributed by atoms with Crippen molar-refractivity contribution in [3.05, 3.63) is 30.2 Å². The van der Waals surface area contributed by atoms with Crippen molar-refractivity contribution in [2.45, 2.75) is 19.8 Å². The highest BCUT2D eigenvalue weighted by atomic mass is 14.9. The zero-order valence-corrected chi connectivity index (χ0v) is 7.73. The second-order valence-electron chi connectivity index (χ2n) is 3.30. The highest BCUT2D eigenvalue weighted by molar-refractivity contribution is 5.68. The molecule has 0 radical (unpaired) electrons. The Morgan fingerprint density at radius 3 is 2.85 bits per heavy atom. The first kappa shape index (κ1) is 8.10. The van der Waals surface area contributed by atoms with Crippen LogP contribution in [-0.2, 0) is 0 Å². The van der Waals surface area contributed by atoms with E-state index < -0.39 is 0 Å². The lowest BCUT2D eigenvalue weighted by atomic mass is 10.1. The minimum Gasteiger partial charge on any atom is -0.248 e. The zero-order chi connectivity index (χ0) is 9.26. The fraction of sp³-hybridized carbons (Fsp3) is 0.300. The number of aromatic nitrogens is 3. The highest BCUT2D eigenvalue weighted by Gasteiger charge is 2.02. The van der Waals surface area contributed by atoms with Crippen LogP contribution >= 0.6 is 0 Å². The Balaban J connectivity index is 2.62. The number of pyridine rings is 1. The molecule has 0 atom stereocenters. The topological polar surface area (TPSA) is 38.7 Å². The molecule has 0 aromatic carbocycles. The Bertz CT molecular complexity index is 423. The maximum atomic E-state index is 4.45. The van der Waals surface area contributed by atoms with Gasteiger partial charge in [-0.3, -0.25) is 0 Å². The minimum absolute atomic E-state index is 0.414. The van der Waals surface area contributed by atoms with Crippen molar-refractivity contribution in [2.24, 2.45) is 0 Å². The number of fused-ring (bicyclic) bond motifs is 1. The Labute approximate surface area is 76.9 Å². The molecule has 2 aromatic rings. The lowest BCUT2D eigenvalue weighted by Gasteiger charge is -2.03. The molecule has 0 aliphatic rings. The third-order valence-corrected chi connectivity index (χ3v) is 1.93. The average molecular weight is 173 g/mol. The largest absolute Gasteiger partial charge is 0.248 e. The summed E-state index contributed by atoms with van der Waals surface area (Å²) in [6.07, 6.45) is 3.52. The van der Waals surface area contributed by atoms with Gasteiger partial charge >= 0.3 is 0 Å². The van der Waals surface area contributed by atoms with E-state index in [1.54, 1.807) is 12.4 Å². The van der Waals surface area contributed by atoms with Crippen molar-refractivity contribution in [3.8, 4) is 0 Å². The Kier molecular flexibility index (Phi) is 1.93. The summed E-state index contributed by atoms with van der Waals surface area (Å²) in [5.74, 6) is 0.414. The van der Waals surface area contributed by atoms with Gasteiger partial charge in [0.1, 0.15) is 5.52 Å². The predicted octanol–water partition coefficient (Wildman–Crippen LogP) is 2.15. The molecule has 66 valence electrons. The number of rotatable bonds is 1. The molecule has 0 unspecified atom stereocenters. The molecule has 0 fully saturated rings. The van der Waals surface area contributed by atoms with E-state index in [9.17, 15) is 0 Å². The first-order valence-electron chi connectivity index (χ1n) is 4.35. The van der Waals surface area contributed by atoms with E-state index in [0.717, 1.165) is 11.2 Å². The second kappa shape index (κ2) is 3.09. The summed E-state index contributed by atoms with van der Waals surface area (Å²) in [6.45, 7) is 4.21. The van der Waals surface area contributed by atoms with Crippen LogP contribution in [0.4, 0.5) is 0 Å². The fourth-order valence-corrected chi connectivity index (χ4v) is 1.15. The van der Waals surface area contributed by atoms with E-state index >= 15 is 0 Å². The van der Waals surface area contributed by atoms with Gasteiger partial charge in [0.25, 0.3) is 0 Å². The van der Waals surface area contributed by atoms with E-state index in [2.05, 4.69) is 28.8 Å². The molecule has 0 amide bonds. The standard InChI is InChI=1S/C10H11N3/c1-7(2)9-6-12-10-8(13-9)4-3-5-11-10/h3-7H,1-2H3. The van der Waals surface area contributed by atoms with Gasteiger partial charge in [0.2, 0.25) is 0 Å². The van der Waals surface area contributed by atoms with E-state index in [1.165, 1.54) is 0 Å². The molecule has 3 nitrogen and oxygen atoms in total. The predicted molar refractivity (Wildman–Crippen MR) is 51.4 cm³/mol. The molecule has 0 saturated heterocycles. The molecule has 0 aliphatic carbocycles. The highest BCUT2D eigenvalue weighted by Crippen LogP contribution is 2.12. The second-order valence-corrected chi connectivity index (χ2v) is 3.30. The van der Waals surface area contributed by atoms with Gasteiger partial charge in [0.05, 0.1) is 11.9 Å². The summed E-state index contributed by atoms with van der Waals surface area (Å²) < 4.78 is 0. The van der Waals surface area contributed by atoms with Gasteiger partial charge < -0.3 is 0 Å². The van der Waals surface area contributed by atoms with Crippen molar-refractivity contribution in [2.75, 3.05) is 0 Å². The van der Waals surface area contributed by atoms with Crippen LogP contribution in [0.25, 0.3) is 11.2 Å². The minimum atomic E-state index is 0.414. The van der Waals surface area contributed by atoms with Crippen molar-refractivity contribution in [1.82, 2.24) is 15.0 Å². The van der Waals surface area contributed by atoms with Crippen molar-refractivity contribution < 1.29 is 0 Å². The van der Waals surface area contributed by atoms with E-state index in [-0.39, 0.29) is 0 Å². The zero-order valence-electron chi connectivity index (χ0n) is 7.73. The van der Waals surface area contributed by atoms with Crippen LogP contribution in [0.3, 0.4) is 0 Å². The number of hydrogen-bond acceptors (Lipinski definition) is 3. The quantitative estimate of drug-likeness (QED) is 0.663. The maximum absolute atomic E-state index is 4.45. The first-order valence-corrected chi connectivity index (χ1v) is 4.35. The van der Waals surface area contributed by atoms with Gasteiger partial charge in [-0.25, -0.2) is 15.0 Å². The van der Waals surface area contributed by atoms with Gasteiger partial charge in [-0.15, -0.1) is 0 Å². The summed E-state index contributed by atoms with van der Waals surface area (Å²) >= 11 is 0. The SMILES string of the molecule is CC(C)c1cnc2ncccc2n1. The average Bonchev–Trinajstić information content (AvgIpc) is 2.17. The van der Waals surface area contributed by atoms with Gasteiger partial charge in [-0.1, -0.05) is 13.8 Å². The Morgan fingerprint density at radius 2 is 2.08 bits per heavy atom. The summed E-state index contributed by atoms with van der Waals surface area (Å²) in [6, 6.07) is 3.81. The lowest BCUT2D eigenvalue weighted by Crippen LogP contribution is -1.95. The van der Waals surface area contributed by atoms with Crippen LogP contribution in [-0.4, -0.2) is 15.0 Å². The van der Waals surface area contributed by atoms with Gasteiger partial charge in [-0.2, -0.15) is 0 Å². The maximum Gasteiger partial charge on any atom is 0.178 e. The van der Waals surface area contributed by atoms with Gasteiger partial charge in [-0.05, 0) is 18.1 Å². The fourth-order valence-electron chi connectivity index (χ4n) is 1.15.